The Balaban J connectivity index is 1.87. The summed E-state index contributed by atoms with van der Waals surface area (Å²) in [7, 11) is 0. The molecule has 0 atom stereocenters. The fourth-order valence-electron chi connectivity index (χ4n) is 2.49. The van der Waals surface area contributed by atoms with E-state index < -0.39 is 23.7 Å². The van der Waals surface area contributed by atoms with Gasteiger partial charge in [0.05, 0.1) is 12.2 Å². The highest BCUT2D eigenvalue weighted by Gasteiger charge is 2.30. The Bertz CT molecular complexity index is 1030. The van der Waals surface area contributed by atoms with E-state index >= 15 is 0 Å². The van der Waals surface area contributed by atoms with Gasteiger partial charge in [-0.2, -0.15) is 13.2 Å². The molecule has 2 amide bonds. The molecule has 2 aromatic carbocycles. The molecule has 0 aliphatic rings. The number of rotatable bonds is 5. The number of aromatic nitrogens is 1. The van der Waals surface area contributed by atoms with Gasteiger partial charge in [-0.25, -0.2) is 9.78 Å². The Morgan fingerprint density at radius 1 is 1.03 bits per heavy atom. The molecular formula is C20H16F3N3O3S. The highest BCUT2D eigenvalue weighted by Crippen LogP contribution is 2.36. The number of hydrogen-bond donors (Lipinski definition) is 2. The van der Waals surface area contributed by atoms with Crippen LogP contribution in [0.3, 0.4) is 0 Å². The Morgan fingerprint density at radius 2 is 1.70 bits per heavy atom. The first-order chi connectivity index (χ1) is 14.3. The van der Waals surface area contributed by atoms with Gasteiger partial charge in [0, 0.05) is 11.1 Å². The second kappa shape index (κ2) is 8.95. The summed E-state index contributed by atoms with van der Waals surface area (Å²) < 4.78 is 43.0. The first-order valence-electron chi connectivity index (χ1n) is 8.76. The normalized spacial score (nSPS) is 11.1. The number of alkyl halides is 3. The van der Waals surface area contributed by atoms with Crippen LogP contribution in [-0.2, 0) is 10.9 Å². The van der Waals surface area contributed by atoms with Crippen LogP contribution in [0.5, 0.6) is 0 Å². The number of carbonyl (C=O) groups is 2. The molecule has 156 valence electrons. The van der Waals surface area contributed by atoms with Crippen molar-refractivity contribution in [2.75, 3.05) is 17.2 Å². The molecule has 0 radical (unpaired) electrons. The van der Waals surface area contributed by atoms with Crippen LogP contribution < -0.4 is 10.6 Å². The summed E-state index contributed by atoms with van der Waals surface area (Å²) in [6.07, 6.45) is -5.17. The molecule has 0 saturated carbocycles. The Morgan fingerprint density at radius 3 is 2.30 bits per heavy atom. The summed E-state index contributed by atoms with van der Waals surface area (Å²) in [4.78, 5) is 28.6. The molecule has 6 nitrogen and oxygen atoms in total. The zero-order valence-corrected chi connectivity index (χ0v) is 16.4. The van der Waals surface area contributed by atoms with Crippen molar-refractivity contribution in [3.63, 3.8) is 0 Å². The standard InChI is InChI=1S/C20H16F3N3O3S/c1-2-29-19(28)26-18-24-15(12-6-4-3-5-7-12)17(30-18)25-16(27)13-8-10-14(11-9-13)20(21,22)23/h3-11H,2H2,1H3,(H,25,27)(H,24,26,28). The third-order valence-corrected chi connectivity index (χ3v) is 4.75. The van der Waals surface area contributed by atoms with Gasteiger partial charge in [0.1, 0.15) is 10.7 Å². The molecule has 1 aromatic heterocycles. The van der Waals surface area contributed by atoms with Gasteiger partial charge in [-0.15, -0.1) is 0 Å². The lowest BCUT2D eigenvalue weighted by atomic mass is 10.1. The van der Waals surface area contributed by atoms with E-state index in [-0.39, 0.29) is 17.3 Å². The number of thiazole rings is 1. The molecule has 2 N–H and O–H groups in total. The average molecular weight is 435 g/mol. The van der Waals surface area contributed by atoms with Crippen LogP contribution in [0.2, 0.25) is 0 Å². The number of ether oxygens (including phenoxy) is 1. The molecule has 0 aliphatic heterocycles. The van der Waals surface area contributed by atoms with Crippen molar-refractivity contribution in [1.29, 1.82) is 0 Å². The molecular weight excluding hydrogens is 419 g/mol. The lowest BCUT2D eigenvalue weighted by Gasteiger charge is -2.08. The Kier molecular flexibility index (Phi) is 6.36. The van der Waals surface area contributed by atoms with Crippen LogP contribution in [0, 0.1) is 0 Å². The SMILES string of the molecule is CCOC(=O)Nc1nc(-c2ccccc2)c(NC(=O)c2ccc(C(F)(F)F)cc2)s1. The zero-order chi connectivity index (χ0) is 21.7. The average Bonchev–Trinajstić information content (AvgIpc) is 3.10. The first kappa shape index (κ1) is 21.3. The third kappa shape index (κ3) is 5.15. The maximum absolute atomic E-state index is 12.7. The van der Waals surface area contributed by atoms with Crippen molar-refractivity contribution in [3.05, 3.63) is 65.7 Å². The minimum absolute atomic E-state index is 0.0512. The van der Waals surface area contributed by atoms with Crippen molar-refractivity contribution in [2.45, 2.75) is 13.1 Å². The summed E-state index contributed by atoms with van der Waals surface area (Å²) >= 11 is 1.00. The van der Waals surface area contributed by atoms with Crippen LogP contribution in [-0.4, -0.2) is 23.6 Å². The van der Waals surface area contributed by atoms with Gasteiger partial charge in [-0.05, 0) is 31.2 Å². The highest BCUT2D eigenvalue weighted by molar-refractivity contribution is 7.20. The first-order valence-corrected chi connectivity index (χ1v) is 9.58. The minimum Gasteiger partial charge on any atom is -0.450 e. The Hall–Kier alpha value is -3.40. The molecule has 0 unspecified atom stereocenters. The summed E-state index contributed by atoms with van der Waals surface area (Å²) in [5, 5.41) is 5.67. The van der Waals surface area contributed by atoms with Crippen molar-refractivity contribution < 1.29 is 27.5 Å². The van der Waals surface area contributed by atoms with Gasteiger partial charge < -0.3 is 10.1 Å². The topological polar surface area (TPSA) is 80.3 Å². The third-order valence-electron chi connectivity index (χ3n) is 3.86. The molecule has 0 spiro atoms. The number of hydrogen-bond acceptors (Lipinski definition) is 5. The van der Waals surface area contributed by atoms with Crippen LogP contribution in [0.1, 0.15) is 22.8 Å². The number of amides is 2. The van der Waals surface area contributed by atoms with Crippen LogP contribution in [0.15, 0.2) is 54.6 Å². The van der Waals surface area contributed by atoms with Gasteiger partial charge in [-0.3, -0.25) is 10.1 Å². The molecule has 0 saturated heterocycles. The summed E-state index contributed by atoms with van der Waals surface area (Å²) in [5.74, 6) is -0.604. The molecule has 1 heterocycles. The van der Waals surface area contributed by atoms with Gasteiger partial charge in [0.25, 0.3) is 5.91 Å². The van der Waals surface area contributed by atoms with E-state index in [1.165, 1.54) is 0 Å². The summed E-state index contributed by atoms with van der Waals surface area (Å²) in [5.41, 5.74) is 0.305. The van der Waals surface area contributed by atoms with Crippen molar-refractivity contribution >= 4 is 33.5 Å². The highest BCUT2D eigenvalue weighted by atomic mass is 32.1. The molecule has 3 aromatic rings. The second-order valence-corrected chi connectivity index (χ2v) is 6.94. The molecule has 0 bridgehead atoms. The van der Waals surface area contributed by atoms with E-state index in [0.717, 1.165) is 35.6 Å². The van der Waals surface area contributed by atoms with E-state index in [2.05, 4.69) is 15.6 Å². The maximum Gasteiger partial charge on any atom is 0.416 e. The predicted octanol–water partition coefficient (Wildman–Crippen LogP) is 5.65. The largest absolute Gasteiger partial charge is 0.450 e. The summed E-state index contributed by atoms with van der Waals surface area (Å²) in [6.45, 7) is 1.84. The number of benzene rings is 2. The van der Waals surface area contributed by atoms with E-state index in [1.807, 2.05) is 6.07 Å². The van der Waals surface area contributed by atoms with Gasteiger partial charge in [0.15, 0.2) is 5.13 Å². The number of carbonyl (C=O) groups excluding carboxylic acids is 2. The fraction of sp³-hybridized carbons (Fsp3) is 0.150. The van der Waals surface area contributed by atoms with E-state index in [4.69, 9.17) is 4.74 Å². The van der Waals surface area contributed by atoms with Gasteiger partial charge in [-0.1, -0.05) is 41.7 Å². The number of anilines is 2. The maximum atomic E-state index is 12.7. The molecule has 0 fully saturated rings. The van der Waals surface area contributed by atoms with Gasteiger partial charge in [0.2, 0.25) is 0 Å². The molecule has 10 heteroatoms. The smallest absolute Gasteiger partial charge is 0.416 e. The number of halogens is 3. The fourth-order valence-corrected chi connectivity index (χ4v) is 3.36. The molecule has 0 aliphatic carbocycles. The summed E-state index contributed by atoms with van der Waals surface area (Å²) in [6, 6.07) is 12.8. The van der Waals surface area contributed by atoms with Crippen LogP contribution in [0.25, 0.3) is 11.3 Å². The van der Waals surface area contributed by atoms with Crippen LogP contribution in [0.4, 0.5) is 28.1 Å². The minimum atomic E-state index is -4.49. The van der Waals surface area contributed by atoms with Crippen molar-refractivity contribution in [2.24, 2.45) is 0 Å². The lowest BCUT2D eigenvalue weighted by Crippen LogP contribution is -2.13. The quantitative estimate of drug-likeness (QED) is 0.543. The van der Waals surface area contributed by atoms with E-state index in [0.29, 0.717) is 16.3 Å². The van der Waals surface area contributed by atoms with Crippen molar-refractivity contribution in [1.82, 2.24) is 4.98 Å². The second-order valence-electron chi connectivity index (χ2n) is 5.94. The van der Waals surface area contributed by atoms with Crippen molar-refractivity contribution in [3.8, 4) is 11.3 Å². The number of nitrogens with one attached hydrogen (secondary N) is 2. The van der Waals surface area contributed by atoms with Crippen LogP contribution >= 0.6 is 11.3 Å². The van der Waals surface area contributed by atoms with E-state index in [1.54, 1.807) is 31.2 Å². The monoisotopic (exact) mass is 435 g/mol. The van der Waals surface area contributed by atoms with Gasteiger partial charge >= 0.3 is 12.3 Å². The lowest BCUT2D eigenvalue weighted by molar-refractivity contribution is -0.137. The molecule has 3 rings (SSSR count). The zero-order valence-electron chi connectivity index (χ0n) is 15.6. The number of nitrogens with zero attached hydrogens (tertiary/aromatic N) is 1. The molecule has 30 heavy (non-hydrogen) atoms. The predicted molar refractivity (Wildman–Crippen MR) is 108 cm³/mol. The Labute approximate surface area is 173 Å². The van der Waals surface area contributed by atoms with E-state index in [9.17, 15) is 22.8 Å².